The molecule has 1 atom stereocenters. The van der Waals surface area contributed by atoms with Gasteiger partial charge in [-0.2, -0.15) is 0 Å². The van der Waals surface area contributed by atoms with E-state index >= 15 is 0 Å². The first-order valence-electron chi connectivity index (χ1n) is 24.8. The summed E-state index contributed by atoms with van der Waals surface area (Å²) >= 11 is 0. The normalized spacial score (nSPS) is 12.5. The van der Waals surface area contributed by atoms with Crippen molar-refractivity contribution in [3.8, 4) is 0 Å². The zero-order valence-corrected chi connectivity index (χ0v) is 38.8. The van der Waals surface area contributed by atoms with Gasteiger partial charge in [-0.15, -0.1) is 0 Å². The first-order valence-corrected chi connectivity index (χ1v) is 24.8. The molecule has 0 saturated carbocycles. The van der Waals surface area contributed by atoms with Gasteiger partial charge in [-0.3, -0.25) is 14.4 Å². The monoisotopic (exact) mass is 825 g/mol. The zero-order chi connectivity index (χ0) is 43.0. The van der Waals surface area contributed by atoms with Crippen LogP contribution in [0.25, 0.3) is 0 Å². The Balaban J connectivity index is 4.45. The van der Waals surface area contributed by atoms with E-state index in [-0.39, 0.29) is 31.1 Å². The lowest BCUT2D eigenvalue weighted by atomic mass is 10.0. The van der Waals surface area contributed by atoms with E-state index in [0.29, 0.717) is 19.3 Å². The number of carbonyl (C=O) groups excluding carboxylic acids is 3. The lowest BCUT2D eigenvalue weighted by molar-refractivity contribution is -0.167. The second kappa shape index (κ2) is 47.8. The van der Waals surface area contributed by atoms with Crippen LogP contribution in [-0.2, 0) is 28.6 Å². The Morgan fingerprint density at radius 1 is 0.356 bits per heavy atom. The second-order valence-corrected chi connectivity index (χ2v) is 16.3. The Bertz CT molecular complexity index is 1090. The van der Waals surface area contributed by atoms with E-state index in [1.807, 2.05) is 0 Å². The van der Waals surface area contributed by atoms with E-state index < -0.39 is 6.10 Å². The average Bonchev–Trinajstić information content (AvgIpc) is 3.23. The molecule has 0 aliphatic heterocycles. The highest BCUT2D eigenvalue weighted by Crippen LogP contribution is 2.15. The highest BCUT2D eigenvalue weighted by Gasteiger charge is 2.19. The van der Waals surface area contributed by atoms with Crippen molar-refractivity contribution in [3.05, 3.63) is 60.8 Å². The smallest absolute Gasteiger partial charge is 0.306 e. The summed E-state index contributed by atoms with van der Waals surface area (Å²) in [5.41, 5.74) is 0. The maximum atomic E-state index is 12.8. The molecule has 0 amide bonds. The number of ether oxygens (including phenoxy) is 3. The number of rotatable bonds is 44. The topological polar surface area (TPSA) is 78.9 Å². The summed E-state index contributed by atoms with van der Waals surface area (Å²) in [5.74, 6) is -0.938. The van der Waals surface area contributed by atoms with Crippen molar-refractivity contribution in [1.82, 2.24) is 0 Å². The van der Waals surface area contributed by atoms with Gasteiger partial charge in [0, 0.05) is 19.3 Å². The minimum Gasteiger partial charge on any atom is -0.462 e. The van der Waals surface area contributed by atoms with Crippen LogP contribution in [0.15, 0.2) is 60.8 Å². The molecule has 6 nitrogen and oxygen atoms in total. The summed E-state index contributed by atoms with van der Waals surface area (Å²) in [6, 6.07) is 0. The van der Waals surface area contributed by atoms with Crippen LogP contribution in [0.5, 0.6) is 0 Å². The zero-order valence-electron chi connectivity index (χ0n) is 38.8. The predicted molar refractivity (Wildman–Crippen MR) is 251 cm³/mol. The molecule has 0 unspecified atom stereocenters. The van der Waals surface area contributed by atoms with Crippen molar-refractivity contribution in [3.63, 3.8) is 0 Å². The van der Waals surface area contributed by atoms with Gasteiger partial charge in [0.15, 0.2) is 6.10 Å². The summed E-state index contributed by atoms with van der Waals surface area (Å²) < 4.78 is 16.7. The van der Waals surface area contributed by atoms with Crippen molar-refractivity contribution in [2.24, 2.45) is 0 Å². The van der Waals surface area contributed by atoms with Gasteiger partial charge in [0.25, 0.3) is 0 Å². The van der Waals surface area contributed by atoms with Gasteiger partial charge in [-0.1, -0.05) is 197 Å². The number of allylic oxidation sites excluding steroid dienone is 10. The second-order valence-electron chi connectivity index (χ2n) is 16.3. The van der Waals surface area contributed by atoms with Crippen molar-refractivity contribution in [2.45, 2.75) is 245 Å². The molecule has 0 heterocycles. The Kier molecular flexibility index (Phi) is 45.4. The highest BCUT2D eigenvalue weighted by atomic mass is 16.6. The van der Waals surface area contributed by atoms with Gasteiger partial charge in [-0.25, -0.2) is 0 Å². The Labute approximate surface area is 364 Å². The summed E-state index contributed by atoms with van der Waals surface area (Å²) in [7, 11) is 0. The number of carbonyl (C=O) groups is 3. The molecule has 0 spiro atoms. The lowest BCUT2D eigenvalue weighted by Crippen LogP contribution is -2.30. The molecular formula is C53H92O6. The van der Waals surface area contributed by atoms with Crippen LogP contribution in [0.1, 0.15) is 239 Å². The van der Waals surface area contributed by atoms with E-state index in [4.69, 9.17) is 14.2 Å². The summed E-state index contributed by atoms with van der Waals surface area (Å²) in [5, 5.41) is 0. The quantitative estimate of drug-likeness (QED) is 0.0263. The lowest BCUT2D eigenvalue weighted by Gasteiger charge is -2.18. The average molecular weight is 825 g/mol. The fraction of sp³-hybridized carbons (Fsp3) is 0.755. The van der Waals surface area contributed by atoms with Crippen LogP contribution in [0.2, 0.25) is 0 Å². The van der Waals surface area contributed by atoms with Gasteiger partial charge in [0.1, 0.15) is 13.2 Å². The number of esters is 3. The molecule has 0 bridgehead atoms. The van der Waals surface area contributed by atoms with Gasteiger partial charge >= 0.3 is 17.9 Å². The Morgan fingerprint density at radius 2 is 0.661 bits per heavy atom. The van der Waals surface area contributed by atoms with Gasteiger partial charge in [-0.05, 0) is 83.5 Å². The van der Waals surface area contributed by atoms with Crippen molar-refractivity contribution >= 4 is 17.9 Å². The summed E-state index contributed by atoms with van der Waals surface area (Å²) in [4.78, 5) is 37.9. The minimum atomic E-state index is -0.790. The van der Waals surface area contributed by atoms with E-state index in [2.05, 4.69) is 81.5 Å². The van der Waals surface area contributed by atoms with Crippen LogP contribution in [0, 0.1) is 0 Å². The third kappa shape index (κ3) is 46.0. The fourth-order valence-corrected chi connectivity index (χ4v) is 6.78. The maximum absolute atomic E-state index is 12.8. The van der Waals surface area contributed by atoms with E-state index in [0.717, 1.165) is 89.9 Å². The Morgan fingerprint density at radius 3 is 1.10 bits per heavy atom. The first kappa shape index (κ1) is 56.1. The molecular weight excluding hydrogens is 733 g/mol. The van der Waals surface area contributed by atoms with Crippen molar-refractivity contribution in [1.29, 1.82) is 0 Å². The molecule has 340 valence electrons. The Hall–Kier alpha value is -2.89. The number of unbranched alkanes of at least 4 members (excludes halogenated alkanes) is 23. The molecule has 6 heteroatoms. The molecule has 0 rings (SSSR count). The maximum Gasteiger partial charge on any atom is 0.306 e. The predicted octanol–water partition coefficient (Wildman–Crippen LogP) is 16.1. The van der Waals surface area contributed by atoms with Crippen molar-refractivity contribution < 1.29 is 28.6 Å². The first-order chi connectivity index (χ1) is 29.0. The molecule has 0 N–H and O–H groups in total. The van der Waals surface area contributed by atoms with Crippen LogP contribution in [-0.4, -0.2) is 37.2 Å². The van der Waals surface area contributed by atoms with E-state index in [9.17, 15) is 14.4 Å². The van der Waals surface area contributed by atoms with E-state index in [1.165, 1.54) is 109 Å². The van der Waals surface area contributed by atoms with Gasteiger partial charge < -0.3 is 14.2 Å². The molecule has 0 saturated heterocycles. The molecule has 0 aromatic heterocycles. The summed E-state index contributed by atoms with van der Waals surface area (Å²) in [6.45, 7) is 6.46. The molecule has 0 aliphatic rings. The largest absolute Gasteiger partial charge is 0.462 e. The van der Waals surface area contributed by atoms with Gasteiger partial charge in [0.2, 0.25) is 0 Å². The van der Waals surface area contributed by atoms with Crippen LogP contribution < -0.4 is 0 Å². The van der Waals surface area contributed by atoms with Crippen LogP contribution >= 0.6 is 0 Å². The van der Waals surface area contributed by atoms with Gasteiger partial charge in [0.05, 0.1) is 0 Å². The molecule has 0 aliphatic carbocycles. The third-order valence-corrected chi connectivity index (χ3v) is 10.5. The fourth-order valence-electron chi connectivity index (χ4n) is 6.78. The van der Waals surface area contributed by atoms with Crippen molar-refractivity contribution in [2.75, 3.05) is 13.2 Å². The molecule has 0 aromatic carbocycles. The van der Waals surface area contributed by atoms with Crippen LogP contribution in [0.4, 0.5) is 0 Å². The molecule has 0 radical (unpaired) electrons. The standard InChI is InChI=1S/C53H92O6/c1-4-7-10-13-16-19-22-25-26-29-31-34-37-40-43-46-52(55)58-49-50(59-53(56)47-44-41-38-35-32-28-24-21-18-15-12-9-6-3)48-57-51(54)45-42-39-36-33-30-27-23-20-17-14-11-8-5-2/h7,10,16,19-20,23,25-26,31,34,50H,4-6,8-9,11-15,17-18,21-22,24,27-30,32-33,35-49H2,1-3H3/b10-7-,19-16-,23-20-,26-25-,34-31-/t50-/m0/s1. The minimum absolute atomic E-state index is 0.0902. The third-order valence-electron chi connectivity index (χ3n) is 10.5. The highest BCUT2D eigenvalue weighted by molar-refractivity contribution is 5.71. The molecule has 0 fully saturated rings. The summed E-state index contributed by atoms with van der Waals surface area (Å²) in [6.07, 6.45) is 57.7. The number of hydrogen-bond acceptors (Lipinski definition) is 6. The molecule has 59 heavy (non-hydrogen) atoms. The van der Waals surface area contributed by atoms with Crippen LogP contribution in [0.3, 0.4) is 0 Å². The molecule has 0 aromatic rings. The van der Waals surface area contributed by atoms with E-state index in [1.54, 1.807) is 0 Å². The number of hydrogen-bond donors (Lipinski definition) is 0. The SMILES string of the molecule is CC/C=C\C/C=C\C/C=C\C/C=C\CCCCC(=O)OC[C@H](COC(=O)CCCCCCC/C=C\CCCCCC)OC(=O)CCCCCCCCCCCCCCC.